The maximum atomic E-state index is 12.0. The number of hydrogen-bond donors (Lipinski definition) is 3. The molecule has 128 valence electrons. The number of amides is 3. The Hall–Kier alpha value is -2.93. The number of thiazole rings is 1. The third kappa shape index (κ3) is 4.77. The molecule has 0 saturated heterocycles. The number of carbonyl (C=O) groups is 2. The summed E-state index contributed by atoms with van der Waals surface area (Å²) in [6.45, 7) is 2.00. The van der Waals surface area contributed by atoms with Crippen molar-refractivity contribution in [2.45, 2.75) is 13.3 Å². The van der Waals surface area contributed by atoms with Gasteiger partial charge in [0, 0.05) is 19.2 Å². The van der Waals surface area contributed by atoms with E-state index >= 15 is 0 Å². The zero-order valence-electron chi connectivity index (χ0n) is 13.7. The topological polar surface area (TPSA) is 83.1 Å². The van der Waals surface area contributed by atoms with Crippen LogP contribution < -0.4 is 16.0 Å². The lowest BCUT2D eigenvalue weighted by Gasteiger charge is -2.07. The largest absolute Gasteiger partial charge is 0.338 e. The molecule has 3 N–H and O–H groups in total. The maximum absolute atomic E-state index is 12.0. The minimum absolute atomic E-state index is 0.157. The molecule has 3 aromatic rings. The van der Waals surface area contributed by atoms with Crippen molar-refractivity contribution in [2.75, 3.05) is 17.2 Å². The molecule has 1 aromatic heterocycles. The summed E-state index contributed by atoms with van der Waals surface area (Å²) in [7, 11) is 0. The lowest BCUT2D eigenvalue weighted by atomic mass is 10.1. The van der Waals surface area contributed by atoms with Crippen LogP contribution in [-0.4, -0.2) is 23.5 Å². The summed E-state index contributed by atoms with van der Waals surface area (Å²) >= 11 is 1.39. The number of rotatable bonds is 5. The number of nitrogens with one attached hydrogen (secondary N) is 3. The van der Waals surface area contributed by atoms with Crippen LogP contribution in [0.5, 0.6) is 0 Å². The van der Waals surface area contributed by atoms with Gasteiger partial charge in [0.1, 0.15) is 0 Å². The van der Waals surface area contributed by atoms with Crippen molar-refractivity contribution in [1.82, 2.24) is 10.3 Å². The quantitative estimate of drug-likeness (QED) is 0.654. The molecule has 0 saturated carbocycles. The van der Waals surface area contributed by atoms with Gasteiger partial charge in [-0.1, -0.05) is 41.7 Å². The van der Waals surface area contributed by atoms with Gasteiger partial charge in [-0.25, -0.2) is 9.78 Å². The van der Waals surface area contributed by atoms with E-state index < -0.39 is 0 Å². The van der Waals surface area contributed by atoms with E-state index in [2.05, 4.69) is 20.9 Å². The fourth-order valence-electron chi connectivity index (χ4n) is 2.35. The van der Waals surface area contributed by atoms with Gasteiger partial charge < -0.3 is 16.0 Å². The average molecular weight is 354 g/mol. The molecule has 7 heteroatoms. The molecule has 2 aromatic carbocycles. The van der Waals surface area contributed by atoms with Gasteiger partial charge in [0.25, 0.3) is 0 Å². The minimum atomic E-state index is -0.257. The highest BCUT2D eigenvalue weighted by Crippen LogP contribution is 2.28. The van der Waals surface area contributed by atoms with Crippen molar-refractivity contribution in [2.24, 2.45) is 0 Å². The first kappa shape index (κ1) is 16.9. The number of aromatic nitrogens is 1. The van der Waals surface area contributed by atoms with Crippen LogP contribution >= 0.6 is 11.3 Å². The average Bonchev–Trinajstić information content (AvgIpc) is 2.96. The zero-order chi connectivity index (χ0) is 17.6. The van der Waals surface area contributed by atoms with Crippen molar-refractivity contribution in [3.05, 3.63) is 54.1 Å². The summed E-state index contributed by atoms with van der Waals surface area (Å²) < 4.78 is 0.943. The third-order valence-electron chi connectivity index (χ3n) is 3.47. The molecule has 0 aliphatic carbocycles. The Labute approximate surface area is 149 Å². The van der Waals surface area contributed by atoms with Gasteiger partial charge in [0.15, 0.2) is 5.13 Å². The Morgan fingerprint density at radius 3 is 2.64 bits per heavy atom. The van der Waals surface area contributed by atoms with E-state index in [-0.39, 0.29) is 11.9 Å². The molecule has 0 unspecified atom stereocenters. The van der Waals surface area contributed by atoms with E-state index in [1.165, 1.54) is 23.8 Å². The van der Waals surface area contributed by atoms with Crippen molar-refractivity contribution in [1.29, 1.82) is 0 Å². The molecular weight excluding hydrogens is 336 g/mol. The molecular formula is C18H18N4O2S. The van der Waals surface area contributed by atoms with Crippen LogP contribution in [0.4, 0.5) is 15.6 Å². The van der Waals surface area contributed by atoms with E-state index in [1.54, 1.807) is 6.07 Å². The predicted molar refractivity (Wildman–Crippen MR) is 101 cm³/mol. The zero-order valence-corrected chi connectivity index (χ0v) is 14.5. The second-order valence-electron chi connectivity index (χ2n) is 5.50. The van der Waals surface area contributed by atoms with Gasteiger partial charge in [0.05, 0.1) is 10.2 Å². The third-order valence-corrected chi connectivity index (χ3v) is 4.42. The molecule has 0 bridgehead atoms. The second-order valence-corrected chi connectivity index (χ2v) is 6.53. The number of carbonyl (C=O) groups excluding carboxylic acids is 2. The van der Waals surface area contributed by atoms with E-state index in [0.29, 0.717) is 17.4 Å². The molecule has 0 aliphatic heterocycles. The molecule has 0 fully saturated rings. The van der Waals surface area contributed by atoms with Crippen LogP contribution in [-0.2, 0) is 11.2 Å². The molecule has 6 nitrogen and oxygen atoms in total. The highest BCUT2D eigenvalue weighted by Gasteiger charge is 2.07. The van der Waals surface area contributed by atoms with Crippen LogP contribution in [0.2, 0.25) is 0 Å². The van der Waals surface area contributed by atoms with Gasteiger partial charge in [-0.15, -0.1) is 0 Å². The molecule has 3 rings (SSSR count). The summed E-state index contributed by atoms with van der Waals surface area (Å²) in [5.41, 5.74) is 2.57. The Kier molecular flexibility index (Phi) is 5.25. The number of anilines is 2. The predicted octanol–water partition coefficient (Wildman–Crippen LogP) is 3.62. The molecule has 0 spiro atoms. The smallest absolute Gasteiger partial charge is 0.319 e. The van der Waals surface area contributed by atoms with Crippen LogP contribution in [0.15, 0.2) is 48.5 Å². The fourth-order valence-corrected chi connectivity index (χ4v) is 3.24. The lowest BCUT2D eigenvalue weighted by molar-refractivity contribution is -0.114. The maximum Gasteiger partial charge on any atom is 0.319 e. The molecule has 0 aliphatic rings. The summed E-state index contributed by atoms with van der Waals surface area (Å²) in [6, 6.07) is 15.2. The summed E-state index contributed by atoms with van der Waals surface area (Å²) in [4.78, 5) is 27.4. The Morgan fingerprint density at radius 1 is 1.08 bits per heavy atom. The van der Waals surface area contributed by atoms with Gasteiger partial charge in [-0.2, -0.15) is 0 Å². The molecule has 0 atom stereocenters. The van der Waals surface area contributed by atoms with Crippen molar-refractivity contribution < 1.29 is 9.59 Å². The summed E-state index contributed by atoms with van der Waals surface area (Å²) in [6.07, 6.45) is 0.777. The van der Waals surface area contributed by atoms with Gasteiger partial charge in [0.2, 0.25) is 5.91 Å². The number of urea groups is 1. The second kappa shape index (κ2) is 7.76. The van der Waals surface area contributed by atoms with Crippen LogP contribution in [0.1, 0.15) is 12.5 Å². The number of fused-ring (bicyclic) bond motifs is 1. The standard InChI is InChI=1S/C18H18N4O2S/c1-12(23)20-18-22-15-11-14(7-8-16(15)25-18)21-17(24)19-10-9-13-5-3-2-4-6-13/h2-8,11H,9-10H2,1H3,(H2,19,21,24)(H,20,22,23). The van der Waals surface area contributed by atoms with Gasteiger partial charge in [-0.05, 0) is 30.2 Å². The number of benzene rings is 2. The minimum Gasteiger partial charge on any atom is -0.338 e. The lowest BCUT2D eigenvalue weighted by Crippen LogP contribution is -2.30. The van der Waals surface area contributed by atoms with Crippen LogP contribution in [0, 0.1) is 0 Å². The van der Waals surface area contributed by atoms with E-state index in [4.69, 9.17) is 0 Å². The van der Waals surface area contributed by atoms with Crippen LogP contribution in [0.25, 0.3) is 10.2 Å². The Morgan fingerprint density at radius 2 is 1.88 bits per heavy atom. The van der Waals surface area contributed by atoms with E-state index in [0.717, 1.165) is 16.6 Å². The van der Waals surface area contributed by atoms with E-state index in [9.17, 15) is 9.59 Å². The first-order valence-electron chi connectivity index (χ1n) is 7.87. The first-order chi connectivity index (χ1) is 12.1. The SMILES string of the molecule is CC(=O)Nc1nc2cc(NC(=O)NCCc3ccccc3)ccc2s1. The monoisotopic (exact) mass is 354 g/mol. The molecule has 0 radical (unpaired) electrons. The highest BCUT2D eigenvalue weighted by atomic mass is 32.1. The number of hydrogen-bond acceptors (Lipinski definition) is 4. The highest BCUT2D eigenvalue weighted by molar-refractivity contribution is 7.22. The van der Waals surface area contributed by atoms with Gasteiger partial charge >= 0.3 is 6.03 Å². The van der Waals surface area contributed by atoms with Crippen molar-refractivity contribution in [3.8, 4) is 0 Å². The van der Waals surface area contributed by atoms with Crippen molar-refractivity contribution >= 4 is 44.3 Å². The van der Waals surface area contributed by atoms with Crippen LogP contribution in [0.3, 0.4) is 0 Å². The normalized spacial score (nSPS) is 10.4. The first-order valence-corrected chi connectivity index (χ1v) is 8.69. The van der Waals surface area contributed by atoms with Crippen molar-refractivity contribution in [3.63, 3.8) is 0 Å². The van der Waals surface area contributed by atoms with Gasteiger partial charge in [-0.3, -0.25) is 4.79 Å². The molecule has 1 heterocycles. The Balaban J connectivity index is 1.56. The summed E-state index contributed by atoms with van der Waals surface area (Å²) in [5.74, 6) is -0.157. The number of nitrogens with zero attached hydrogens (tertiary/aromatic N) is 1. The summed E-state index contributed by atoms with van der Waals surface area (Å²) in [5, 5.41) is 8.85. The molecule has 25 heavy (non-hydrogen) atoms. The van der Waals surface area contributed by atoms with E-state index in [1.807, 2.05) is 42.5 Å². The Bertz CT molecular complexity index is 892. The molecule has 3 amide bonds. The fraction of sp³-hybridized carbons (Fsp3) is 0.167.